The lowest BCUT2D eigenvalue weighted by Gasteiger charge is -2.04. The fourth-order valence-electron chi connectivity index (χ4n) is 1.61. The maximum absolute atomic E-state index is 12.2. The lowest BCUT2D eigenvalue weighted by molar-refractivity contribution is -0.384. The van der Waals surface area contributed by atoms with E-state index < -0.39 is 4.92 Å². The molecule has 96 valence electrons. The van der Waals surface area contributed by atoms with Gasteiger partial charge in [-0.15, -0.1) is 0 Å². The van der Waals surface area contributed by atoms with Gasteiger partial charge in [0.2, 0.25) is 0 Å². The van der Waals surface area contributed by atoms with Crippen LogP contribution in [0.25, 0.3) is 0 Å². The van der Waals surface area contributed by atoms with Crippen LogP contribution in [-0.2, 0) is 0 Å². The van der Waals surface area contributed by atoms with Gasteiger partial charge in [0.25, 0.3) is 5.69 Å². The molecule has 2 aromatic rings. The number of nitro benzene ring substituents is 1. The number of carbonyl (C=O) groups is 1. The number of rotatable bonds is 3. The number of nitro groups is 1. The number of aryl methyl sites for hydroxylation is 1. The zero-order chi connectivity index (χ0) is 14.0. The number of hydrogen-bond acceptors (Lipinski definition) is 4. The number of pyridine rings is 1. The first-order chi connectivity index (χ1) is 8.99. The standard InChI is InChI=1S/C13H9ClN2O3/c1-8-5-6-11(13(14)15-8)12(17)9-3-2-4-10(7-9)16(18)19/h2-7H,1H3. The van der Waals surface area contributed by atoms with E-state index in [9.17, 15) is 14.9 Å². The number of halogens is 1. The number of hydrogen-bond donors (Lipinski definition) is 0. The van der Waals surface area contributed by atoms with Gasteiger partial charge in [-0.1, -0.05) is 23.7 Å². The highest BCUT2D eigenvalue weighted by atomic mass is 35.5. The van der Waals surface area contributed by atoms with E-state index in [4.69, 9.17) is 11.6 Å². The fourth-order valence-corrected chi connectivity index (χ4v) is 1.89. The van der Waals surface area contributed by atoms with Crippen molar-refractivity contribution in [2.24, 2.45) is 0 Å². The molecule has 0 unspecified atom stereocenters. The molecule has 6 heteroatoms. The molecular formula is C13H9ClN2O3. The minimum atomic E-state index is -0.550. The lowest BCUT2D eigenvalue weighted by atomic mass is 10.0. The Morgan fingerprint density at radius 3 is 2.68 bits per heavy atom. The second kappa shape index (κ2) is 5.16. The van der Waals surface area contributed by atoms with E-state index in [0.29, 0.717) is 5.69 Å². The van der Waals surface area contributed by atoms with Gasteiger partial charge in [-0.05, 0) is 19.1 Å². The first-order valence-corrected chi connectivity index (χ1v) is 5.79. The molecule has 2 rings (SSSR count). The maximum atomic E-state index is 12.2. The zero-order valence-corrected chi connectivity index (χ0v) is 10.7. The van der Waals surface area contributed by atoms with Crippen molar-refractivity contribution in [3.05, 3.63) is 68.5 Å². The largest absolute Gasteiger partial charge is 0.288 e. The zero-order valence-electron chi connectivity index (χ0n) is 9.96. The van der Waals surface area contributed by atoms with Crippen LogP contribution >= 0.6 is 11.6 Å². The van der Waals surface area contributed by atoms with E-state index in [-0.39, 0.29) is 27.8 Å². The number of aromatic nitrogens is 1. The van der Waals surface area contributed by atoms with E-state index in [0.717, 1.165) is 0 Å². The number of carbonyl (C=O) groups excluding carboxylic acids is 1. The summed E-state index contributed by atoms with van der Waals surface area (Å²) in [6.45, 7) is 1.76. The first kappa shape index (κ1) is 13.2. The van der Waals surface area contributed by atoms with Crippen LogP contribution in [0.15, 0.2) is 36.4 Å². The van der Waals surface area contributed by atoms with Crippen molar-refractivity contribution in [2.75, 3.05) is 0 Å². The molecule has 1 heterocycles. The highest BCUT2D eigenvalue weighted by Crippen LogP contribution is 2.20. The van der Waals surface area contributed by atoms with Gasteiger partial charge in [-0.2, -0.15) is 0 Å². The van der Waals surface area contributed by atoms with Crippen LogP contribution in [0.5, 0.6) is 0 Å². The van der Waals surface area contributed by atoms with Crippen molar-refractivity contribution < 1.29 is 9.72 Å². The molecule has 1 aromatic carbocycles. The van der Waals surface area contributed by atoms with Crippen molar-refractivity contribution in [2.45, 2.75) is 6.92 Å². The molecule has 0 atom stereocenters. The molecule has 19 heavy (non-hydrogen) atoms. The summed E-state index contributed by atoms with van der Waals surface area (Å²) in [6, 6.07) is 8.74. The Kier molecular flexibility index (Phi) is 3.57. The number of nitrogens with zero attached hydrogens (tertiary/aromatic N) is 2. The third-order valence-corrected chi connectivity index (χ3v) is 2.84. The summed E-state index contributed by atoms with van der Waals surface area (Å²) in [5.41, 5.74) is 0.997. The number of non-ortho nitro benzene ring substituents is 1. The van der Waals surface area contributed by atoms with Gasteiger partial charge in [0.05, 0.1) is 10.5 Å². The normalized spacial score (nSPS) is 10.2. The van der Waals surface area contributed by atoms with Crippen LogP contribution in [0.3, 0.4) is 0 Å². The molecular weight excluding hydrogens is 268 g/mol. The molecule has 0 radical (unpaired) electrons. The Bertz CT molecular complexity index is 671. The van der Waals surface area contributed by atoms with Gasteiger partial charge in [-0.3, -0.25) is 14.9 Å². The Hall–Kier alpha value is -2.27. The molecule has 0 aliphatic rings. The molecule has 0 amide bonds. The van der Waals surface area contributed by atoms with Crippen LogP contribution in [0.4, 0.5) is 5.69 Å². The van der Waals surface area contributed by atoms with Crippen LogP contribution in [0.2, 0.25) is 5.15 Å². The van der Waals surface area contributed by atoms with Gasteiger partial charge < -0.3 is 0 Å². The molecule has 0 bridgehead atoms. The molecule has 1 aromatic heterocycles. The van der Waals surface area contributed by atoms with E-state index in [1.165, 1.54) is 24.3 Å². The molecule has 0 saturated heterocycles. The number of benzene rings is 1. The van der Waals surface area contributed by atoms with E-state index in [1.54, 1.807) is 19.1 Å². The second-order valence-electron chi connectivity index (χ2n) is 3.93. The Morgan fingerprint density at radius 2 is 2.05 bits per heavy atom. The van der Waals surface area contributed by atoms with Gasteiger partial charge >= 0.3 is 0 Å². The molecule has 0 spiro atoms. The average Bonchev–Trinajstić information content (AvgIpc) is 2.38. The average molecular weight is 277 g/mol. The third-order valence-electron chi connectivity index (χ3n) is 2.55. The van der Waals surface area contributed by atoms with Crippen molar-refractivity contribution in [1.29, 1.82) is 0 Å². The molecule has 0 aliphatic heterocycles. The lowest BCUT2D eigenvalue weighted by Crippen LogP contribution is -2.04. The SMILES string of the molecule is Cc1ccc(C(=O)c2cccc([N+](=O)[O-])c2)c(Cl)n1. The second-order valence-corrected chi connectivity index (χ2v) is 4.29. The molecule has 0 aliphatic carbocycles. The highest BCUT2D eigenvalue weighted by Gasteiger charge is 2.16. The van der Waals surface area contributed by atoms with E-state index in [2.05, 4.69) is 4.98 Å². The minimum absolute atomic E-state index is 0.0940. The topological polar surface area (TPSA) is 73.1 Å². The molecule has 0 fully saturated rings. The summed E-state index contributed by atoms with van der Waals surface area (Å²) >= 11 is 5.91. The molecule has 0 saturated carbocycles. The highest BCUT2D eigenvalue weighted by molar-refractivity contribution is 6.33. The van der Waals surface area contributed by atoms with Gasteiger partial charge in [0, 0.05) is 23.4 Å². The smallest absolute Gasteiger partial charge is 0.270 e. The van der Waals surface area contributed by atoms with Crippen LogP contribution in [-0.4, -0.2) is 15.7 Å². The van der Waals surface area contributed by atoms with Crippen molar-refractivity contribution in [1.82, 2.24) is 4.98 Å². The summed E-state index contributed by atoms with van der Waals surface area (Å²) in [5.74, 6) is -0.388. The minimum Gasteiger partial charge on any atom is -0.288 e. The van der Waals surface area contributed by atoms with Crippen LogP contribution in [0, 0.1) is 17.0 Å². The molecule has 0 N–H and O–H groups in total. The predicted octanol–water partition coefficient (Wildman–Crippen LogP) is 3.18. The summed E-state index contributed by atoms with van der Waals surface area (Å²) in [5, 5.41) is 10.8. The van der Waals surface area contributed by atoms with Gasteiger partial charge in [0.1, 0.15) is 5.15 Å². The Morgan fingerprint density at radius 1 is 1.32 bits per heavy atom. The van der Waals surface area contributed by atoms with Crippen molar-refractivity contribution in [3.63, 3.8) is 0 Å². The monoisotopic (exact) mass is 276 g/mol. The summed E-state index contributed by atoms with van der Waals surface area (Å²) in [7, 11) is 0. The van der Waals surface area contributed by atoms with Gasteiger partial charge in [-0.25, -0.2) is 4.98 Å². The van der Waals surface area contributed by atoms with E-state index in [1.807, 2.05) is 0 Å². The fraction of sp³-hybridized carbons (Fsp3) is 0.0769. The van der Waals surface area contributed by atoms with E-state index >= 15 is 0 Å². The van der Waals surface area contributed by atoms with Crippen molar-refractivity contribution >= 4 is 23.1 Å². The van der Waals surface area contributed by atoms with Crippen LogP contribution < -0.4 is 0 Å². The van der Waals surface area contributed by atoms with Crippen LogP contribution in [0.1, 0.15) is 21.6 Å². The van der Waals surface area contributed by atoms with Gasteiger partial charge in [0.15, 0.2) is 5.78 Å². The summed E-state index contributed by atoms with van der Waals surface area (Å²) in [6.07, 6.45) is 0. The quantitative estimate of drug-likeness (QED) is 0.373. The Balaban J connectivity index is 2.44. The van der Waals surface area contributed by atoms with Crippen molar-refractivity contribution in [3.8, 4) is 0 Å². The predicted molar refractivity (Wildman–Crippen MR) is 70.5 cm³/mol. The maximum Gasteiger partial charge on any atom is 0.270 e. The first-order valence-electron chi connectivity index (χ1n) is 5.41. The molecule has 5 nitrogen and oxygen atoms in total. The number of ketones is 1. The Labute approximate surface area is 114 Å². The summed E-state index contributed by atoms with van der Waals surface area (Å²) < 4.78 is 0. The third kappa shape index (κ3) is 2.77. The summed E-state index contributed by atoms with van der Waals surface area (Å²) in [4.78, 5) is 26.3.